The van der Waals surface area contributed by atoms with Crippen LogP contribution in [0.3, 0.4) is 0 Å². The average Bonchev–Trinajstić information content (AvgIpc) is 2.55. The lowest BCUT2D eigenvalue weighted by atomic mass is 10.0. The Balaban J connectivity index is 1.89. The van der Waals surface area contributed by atoms with Crippen LogP contribution in [-0.2, 0) is 11.3 Å². The van der Waals surface area contributed by atoms with Gasteiger partial charge in [0, 0.05) is 44.3 Å². The van der Waals surface area contributed by atoms with Crippen LogP contribution in [0.2, 0.25) is 0 Å². The molecule has 1 fully saturated rings. The number of piperidine rings is 1. The molecule has 0 unspecified atom stereocenters. The zero-order valence-corrected chi connectivity index (χ0v) is 15.7. The van der Waals surface area contributed by atoms with Gasteiger partial charge in [-0.25, -0.2) is 4.98 Å². The van der Waals surface area contributed by atoms with E-state index >= 15 is 0 Å². The lowest BCUT2D eigenvalue weighted by molar-refractivity contribution is -0.125. The fourth-order valence-electron chi connectivity index (χ4n) is 2.93. The number of pyridine rings is 1. The molecule has 1 saturated heterocycles. The number of hydrogen-bond donors (Lipinski definition) is 1. The summed E-state index contributed by atoms with van der Waals surface area (Å²) in [7, 11) is 2.07. The van der Waals surface area contributed by atoms with E-state index in [-0.39, 0.29) is 17.9 Å². The Morgan fingerprint density at radius 1 is 1.38 bits per heavy atom. The Morgan fingerprint density at radius 3 is 2.71 bits per heavy atom. The van der Waals surface area contributed by atoms with Crippen molar-refractivity contribution in [3.05, 3.63) is 23.9 Å². The molecular formula is C19H32N4O. The molecule has 0 aliphatic carbocycles. The highest BCUT2D eigenvalue weighted by atomic mass is 16.1. The van der Waals surface area contributed by atoms with Gasteiger partial charge >= 0.3 is 0 Å². The lowest BCUT2D eigenvalue weighted by Gasteiger charge is -2.33. The zero-order valence-electron chi connectivity index (χ0n) is 15.7. The number of nitrogens with one attached hydrogen (secondary N) is 1. The van der Waals surface area contributed by atoms with Crippen molar-refractivity contribution in [2.45, 2.75) is 59.2 Å². The molecule has 1 aliphatic heterocycles. The van der Waals surface area contributed by atoms with E-state index in [4.69, 9.17) is 0 Å². The van der Waals surface area contributed by atoms with Crippen LogP contribution >= 0.6 is 0 Å². The van der Waals surface area contributed by atoms with E-state index in [2.05, 4.69) is 53.1 Å². The van der Waals surface area contributed by atoms with Crippen LogP contribution in [0.15, 0.2) is 18.3 Å². The van der Waals surface area contributed by atoms with Crippen LogP contribution in [0.4, 0.5) is 5.82 Å². The molecule has 0 bridgehead atoms. The van der Waals surface area contributed by atoms with E-state index in [1.807, 2.05) is 20.0 Å². The van der Waals surface area contributed by atoms with E-state index in [1.54, 1.807) is 0 Å². The molecule has 2 rings (SSSR count). The molecule has 0 radical (unpaired) electrons. The van der Waals surface area contributed by atoms with Crippen LogP contribution < -0.4 is 10.2 Å². The summed E-state index contributed by atoms with van der Waals surface area (Å²) in [4.78, 5) is 21.1. The molecule has 1 aromatic rings. The highest BCUT2D eigenvalue weighted by Crippen LogP contribution is 2.16. The Morgan fingerprint density at radius 2 is 2.12 bits per heavy atom. The van der Waals surface area contributed by atoms with Gasteiger partial charge in [0.2, 0.25) is 5.91 Å². The number of rotatable bonds is 6. The average molecular weight is 332 g/mol. The predicted molar refractivity (Wildman–Crippen MR) is 99.1 cm³/mol. The van der Waals surface area contributed by atoms with Crippen LogP contribution in [-0.4, -0.2) is 48.0 Å². The zero-order chi connectivity index (χ0) is 17.7. The van der Waals surface area contributed by atoms with Crippen LogP contribution in [0, 0.1) is 5.92 Å². The van der Waals surface area contributed by atoms with E-state index < -0.39 is 0 Å². The second-order valence-corrected chi connectivity index (χ2v) is 7.47. The van der Waals surface area contributed by atoms with Gasteiger partial charge in [-0.2, -0.15) is 0 Å². The number of anilines is 1. The standard InChI is InChI=1S/C19H32N4O/c1-14(2)19(24)21-17-7-6-10-23(13-17)12-16-8-9-18(20-11-16)22(5)15(3)4/h8-9,11,14-15,17H,6-7,10,12-13H2,1-5H3,(H,21,24)/t17-/m1/s1. The van der Waals surface area contributed by atoms with E-state index in [1.165, 1.54) is 5.56 Å². The van der Waals surface area contributed by atoms with Gasteiger partial charge in [0.25, 0.3) is 0 Å². The maximum atomic E-state index is 11.9. The van der Waals surface area contributed by atoms with Gasteiger partial charge < -0.3 is 10.2 Å². The molecule has 1 aromatic heterocycles. The van der Waals surface area contributed by atoms with Crippen molar-refractivity contribution in [2.24, 2.45) is 5.92 Å². The molecule has 5 heteroatoms. The van der Waals surface area contributed by atoms with Crippen LogP contribution in [0.1, 0.15) is 46.1 Å². The monoisotopic (exact) mass is 332 g/mol. The molecule has 5 nitrogen and oxygen atoms in total. The normalized spacial score (nSPS) is 18.9. The first kappa shape index (κ1) is 18.7. The second-order valence-electron chi connectivity index (χ2n) is 7.47. The summed E-state index contributed by atoms with van der Waals surface area (Å²) in [6.45, 7) is 11.1. The first-order valence-electron chi connectivity index (χ1n) is 9.07. The molecule has 2 heterocycles. The van der Waals surface area contributed by atoms with Gasteiger partial charge in [0.15, 0.2) is 0 Å². The Bertz CT molecular complexity index is 527. The number of carbonyl (C=O) groups is 1. The van der Waals surface area contributed by atoms with Gasteiger partial charge in [-0.15, -0.1) is 0 Å². The van der Waals surface area contributed by atoms with E-state index in [0.29, 0.717) is 6.04 Å². The summed E-state index contributed by atoms with van der Waals surface area (Å²) in [6.07, 6.45) is 4.18. The maximum Gasteiger partial charge on any atom is 0.222 e. The van der Waals surface area contributed by atoms with Gasteiger partial charge in [-0.3, -0.25) is 9.69 Å². The Kier molecular flexibility index (Phi) is 6.60. The smallest absolute Gasteiger partial charge is 0.222 e. The summed E-state index contributed by atoms with van der Waals surface area (Å²) in [5.41, 5.74) is 1.23. The number of amides is 1. The van der Waals surface area contributed by atoms with Crippen molar-refractivity contribution < 1.29 is 4.79 Å². The van der Waals surface area contributed by atoms with Gasteiger partial charge in [0.05, 0.1) is 0 Å². The first-order valence-corrected chi connectivity index (χ1v) is 9.07. The van der Waals surface area contributed by atoms with Crippen molar-refractivity contribution in [3.63, 3.8) is 0 Å². The molecular weight excluding hydrogens is 300 g/mol. The van der Waals surface area contributed by atoms with Gasteiger partial charge in [-0.1, -0.05) is 19.9 Å². The quantitative estimate of drug-likeness (QED) is 0.870. The molecule has 1 amide bonds. The topological polar surface area (TPSA) is 48.5 Å². The third-order valence-corrected chi connectivity index (χ3v) is 4.73. The second kappa shape index (κ2) is 8.47. The third kappa shape index (κ3) is 5.20. The van der Waals surface area contributed by atoms with Crippen LogP contribution in [0.5, 0.6) is 0 Å². The molecule has 134 valence electrons. The minimum absolute atomic E-state index is 0.0510. The van der Waals surface area contributed by atoms with E-state index in [0.717, 1.165) is 38.3 Å². The number of nitrogens with zero attached hydrogens (tertiary/aromatic N) is 3. The third-order valence-electron chi connectivity index (χ3n) is 4.73. The summed E-state index contributed by atoms with van der Waals surface area (Å²) >= 11 is 0. The minimum atomic E-state index is 0.0510. The maximum absolute atomic E-state index is 11.9. The number of aromatic nitrogens is 1. The Labute approximate surface area is 146 Å². The van der Waals surface area contributed by atoms with Crippen molar-refractivity contribution in [1.82, 2.24) is 15.2 Å². The van der Waals surface area contributed by atoms with Gasteiger partial charge in [-0.05, 0) is 44.9 Å². The summed E-state index contributed by atoms with van der Waals surface area (Å²) in [6, 6.07) is 4.97. The molecule has 1 aliphatic rings. The molecule has 1 atom stereocenters. The number of likely N-dealkylation sites (tertiary alicyclic amines) is 1. The van der Waals surface area contributed by atoms with Crippen molar-refractivity contribution in [3.8, 4) is 0 Å². The van der Waals surface area contributed by atoms with E-state index in [9.17, 15) is 4.79 Å². The minimum Gasteiger partial charge on any atom is -0.357 e. The van der Waals surface area contributed by atoms with Crippen molar-refractivity contribution in [2.75, 3.05) is 25.0 Å². The molecule has 0 saturated carbocycles. The first-order chi connectivity index (χ1) is 11.4. The Hall–Kier alpha value is -1.62. The molecule has 1 N–H and O–H groups in total. The predicted octanol–water partition coefficient (Wildman–Crippen LogP) is 2.66. The fraction of sp³-hybridized carbons (Fsp3) is 0.684. The summed E-state index contributed by atoms with van der Waals surface area (Å²) < 4.78 is 0. The molecule has 0 spiro atoms. The highest BCUT2D eigenvalue weighted by molar-refractivity contribution is 5.78. The van der Waals surface area contributed by atoms with Crippen molar-refractivity contribution >= 4 is 11.7 Å². The van der Waals surface area contributed by atoms with Crippen LogP contribution in [0.25, 0.3) is 0 Å². The number of hydrogen-bond acceptors (Lipinski definition) is 4. The largest absolute Gasteiger partial charge is 0.357 e. The summed E-state index contributed by atoms with van der Waals surface area (Å²) in [5.74, 6) is 1.22. The fourth-order valence-corrected chi connectivity index (χ4v) is 2.93. The lowest BCUT2D eigenvalue weighted by Crippen LogP contribution is -2.48. The van der Waals surface area contributed by atoms with Crippen molar-refractivity contribution in [1.29, 1.82) is 0 Å². The number of carbonyl (C=O) groups excluding carboxylic acids is 1. The van der Waals surface area contributed by atoms with Gasteiger partial charge in [0.1, 0.15) is 5.82 Å². The highest BCUT2D eigenvalue weighted by Gasteiger charge is 2.22. The molecule has 24 heavy (non-hydrogen) atoms. The SMILES string of the molecule is CC(C)C(=O)N[C@@H]1CCCN(Cc2ccc(N(C)C(C)C)nc2)C1. The summed E-state index contributed by atoms with van der Waals surface area (Å²) in [5, 5.41) is 3.17. The molecule has 0 aromatic carbocycles.